The lowest BCUT2D eigenvalue weighted by Crippen LogP contribution is -2.00. The van der Waals surface area contributed by atoms with Gasteiger partial charge in [-0.2, -0.15) is 0 Å². The van der Waals surface area contributed by atoms with Crippen LogP contribution < -0.4 is 0 Å². The third kappa shape index (κ3) is 16.6. The summed E-state index contributed by atoms with van der Waals surface area (Å²) in [4.78, 5) is 0. The van der Waals surface area contributed by atoms with E-state index in [-0.39, 0.29) is 0 Å². The number of rotatable bonds is 18. The first-order valence-corrected chi connectivity index (χ1v) is 10.9. The van der Waals surface area contributed by atoms with Crippen molar-refractivity contribution in [3.8, 4) is 0 Å². The molecular weight excluding hydrogens is 316 g/mol. The first-order valence-electron chi connectivity index (χ1n) is 10.9. The second kappa shape index (κ2) is 16.4. The minimum Gasteiger partial charge on any atom is -0.377 e. The molecule has 1 nitrogen and oxygen atoms in total. The molecule has 0 aromatic rings. The quantitative estimate of drug-likeness (QED) is 0.176. The van der Waals surface area contributed by atoms with E-state index in [1.165, 1.54) is 68.1 Å². The van der Waals surface area contributed by atoms with Crippen LogP contribution in [-0.2, 0) is 4.74 Å². The van der Waals surface area contributed by atoms with E-state index in [2.05, 4.69) is 47.4 Å². The second-order valence-electron chi connectivity index (χ2n) is 8.58. The van der Waals surface area contributed by atoms with Gasteiger partial charge in [0.2, 0.25) is 0 Å². The summed E-state index contributed by atoms with van der Waals surface area (Å²) >= 11 is 0. The van der Waals surface area contributed by atoms with Gasteiger partial charge in [0.15, 0.2) is 0 Å². The monoisotopic (exact) mass is 362 g/mol. The van der Waals surface area contributed by atoms with Gasteiger partial charge in [0.25, 0.3) is 0 Å². The van der Waals surface area contributed by atoms with Gasteiger partial charge in [-0.3, -0.25) is 0 Å². The zero-order valence-electron chi connectivity index (χ0n) is 18.4. The van der Waals surface area contributed by atoms with E-state index in [4.69, 9.17) is 4.74 Å². The predicted molar refractivity (Wildman–Crippen MR) is 119 cm³/mol. The van der Waals surface area contributed by atoms with E-state index in [9.17, 15) is 0 Å². The highest BCUT2D eigenvalue weighted by Crippen LogP contribution is 2.21. The summed E-state index contributed by atoms with van der Waals surface area (Å²) in [5.41, 5.74) is 3.96. The van der Waals surface area contributed by atoms with Crippen molar-refractivity contribution in [3.63, 3.8) is 0 Å². The molecule has 0 heterocycles. The highest BCUT2D eigenvalue weighted by molar-refractivity contribution is 4.95. The lowest BCUT2D eigenvalue weighted by atomic mass is 9.94. The molecule has 0 saturated carbocycles. The molecule has 0 aliphatic carbocycles. The van der Waals surface area contributed by atoms with E-state index in [1.54, 1.807) is 0 Å². The van der Waals surface area contributed by atoms with Crippen molar-refractivity contribution in [2.24, 2.45) is 11.8 Å². The Morgan fingerprint density at radius 1 is 0.731 bits per heavy atom. The normalized spacial score (nSPS) is 12.3. The summed E-state index contributed by atoms with van der Waals surface area (Å²) in [6, 6.07) is 0. The third-order valence-corrected chi connectivity index (χ3v) is 5.17. The fourth-order valence-electron chi connectivity index (χ4n) is 3.09. The Bertz CT molecular complexity index is 391. The van der Waals surface area contributed by atoms with Crippen molar-refractivity contribution < 1.29 is 4.74 Å². The first-order chi connectivity index (χ1) is 12.3. The summed E-state index contributed by atoms with van der Waals surface area (Å²) in [5.74, 6) is 1.63. The molecular formula is C25H46O. The van der Waals surface area contributed by atoms with Crippen molar-refractivity contribution >= 4 is 0 Å². The molecule has 0 aliphatic heterocycles. The Hall–Kier alpha value is -0.820. The molecule has 0 aromatic carbocycles. The summed E-state index contributed by atoms with van der Waals surface area (Å²) < 4.78 is 5.63. The lowest BCUT2D eigenvalue weighted by molar-refractivity contribution is 0.157. The molecule has 0 aromatic heterocycles. The molecule has 0 radical (unpaired) electrons. The highest BCUT2D eigenvalue weighted by Gasteiger charge is 2.05. The van der Waals surface area contributed by atoms with E-state index in [0.29, 0.717) is 6.61 Å². The van der Waals surface area contributed by atoms with Crippen LogP contribution in [0.1, 0.15) is 98.3 Å². The van der Waals surface area contributed by atoms with Crippen LogP contribution >= 0.6 is 0 Å². The van der Waals surface area contributed by atoms with E-state index in [0.717, 1.165) is 37.7 Å². The van der Waals surface area contributed by atoms with Crippen LogP contribution in [0.4, 0.5) is 0 Å². The SMILES string of the molecule is C=C(CCCC(C)C)CCCC(C)CCCC(=C)CCOCC(=C)CC. The molecule has 152 valence electrons. The van der Waals surface area contributed by atoms with Gasteiger partial charge in [-0.25, -0.2) is 0 Å². The highest BCUT2D eigenvalue weighted by atomic mass is 16.5. The Morgan fingerprint density at radius 3 is 1.73 bits per heavy atom. The fraction of sp³-hybridized carbons (Fsp3) is 0.760. The van der Waals surface area contributed by atoms with Crippen LogP contribution in [0.2, 0.25) is 0 Å². The van der Waals surface area contributed by atoms with Crippen LogP contribution in [0.25, 0.3) is 0 Å². The van der Waals surface area contributed by atoms with Crippen molar-refractivity contribution in [2.75, 3.05) is 13.2 Å². The van der Waals surface area contributed by atoms with Crippen LogP contribution in [0.15, 0.2) is 36.5 Å². The minimum absolute atomic E-state index is 0.698. The van der Waals surface area contributed by atoms with Gasteiger partial charge in [-0.05, 0) is 63.2 Å². The van der Waals surface area contributed by atoms with E-state index in [1.807, 2.05) is 0 Å². The Kier molecular flexibility index (Phi) is 15.8. The average molecular weight is 363 g/mol. The van der Waals surface area contributed by atoms with Crippen LogP contribution in [0, 0.1) is 11.8 Å². The van der Waals surface area contributed by atoms with Crippen LogP contribution in [0.3, 0.4) is 0 Å². The molecule has 0 bridgehead atoms. The predicted octanol–water partition coefficient (Wildman–Crippen LogP) is 8.27. The van der Waals surface area contributed by atoms with Gasteiger partial charge < -0.3 is 4.74 Å². The Morgan fingerprint density at radius 2 is 1.23 bits per heavy atom. The lowest BCUT2D eigenvalue weighted by Gasteiger charge is -2.13. The molecule has 0 spiro atoms. The summed E-state index contributed by atoms with van der Waals surface area (Å²) in [6.07, 6.45) is 13.4. The molecule has 0 amide bonds. The second-order valence-corrected chi connectivity index (χ2v) is 8.58. The van der Waals surface area contributed by atoms with E-state index < -0.39 is 0 Å². The average Bonchev–Trinajstić information content (AvgIpc) is 2.58. The molecule has 26 heavy (non-hydrogen) atoms. The van der Waals surface area contributed by atoms with Crippen molar-refractivity contribution in [1.82, 2.24) is 0 Å². The smallest absolute Gasteiger partial charge is 0.0674 e. The maximum absolute atomic E-state index is 5.63. The molecule has 1 atom stereocenters. The number of hydrogen-bond acceptors (Lipinski definition) is 1. The largest absolute Gasteiger partial charge is 0.377 e. The summed E-state index contributed by atoms with van der Waals surface area (Å²) in [7, 11) is 0. The molecule has 0 fully saturated rings. The zero-order valence-corrected chi connectivity index (χ0v) is 18.4. The molecule has 1 unspecified atom stereocenters. The molecule has 0 N–H and O–H groups in total. The zero-order chi connectivity index (χ0) is 19.8. The third-order valence-electron chi connectivity index (χ3n) is 5.17. The van der Waals surface area contributed by atoms with Gasteiger partial charge in [-0.1, -0.05) is 83.4 Å². The number of hydrogen-bond donors (Lipinski definition) is 0. The molecule has 0 rings (SSSR count). The Labute approximate surface area is 165 Å². The van der Waals surface area contributed by atoms with Crippen molar-refractivity contribution in [1.29, 1.82) is 0 Å². The van der Waals surface area contributed by atoms with E-state index >= 15 is 0 Å². The maximum atomic E-state index is 5.63. The Balaban J connectivity index is 3.55. The minimum atomic E-state index is 0.698. The van der Waals surface area contributed by atoms with Gasteiger partial charge in [-0.15, -0.1) is 0 Å². The first kappa shape index (κ1) is 25.2. The number of allylic oxidation sites excluding steroid dienone is 1. The van der Waals surface area contributed by atoms with Gasteiger partial charge in [0.05, 0.1) is 13.2 Å². The standard InChI is InChI=1S/C25H46O/c1-8-22(4)20-26-19-18-25(7)17-11-16-24(6)15-10-14-23(5)13-9-12-21(2)3/h21,24H,4-5,7-20H2,1-3,6H3. The summed E-state index contributed by atoms with van der Waals surface area (Å²) in [6.45, 7) is 23.0. The molecule has 0 aliphatic rings. The van der Waals surface area contributed by atoms with Gasteiger partial charge >= 0.3 is 0 Å². The van der Waals surface area contributed by atoms with Gasteiger partial charge in [0, 0.05) is 0 Å². The van der Waals surface area contributed by atoms with Crippen LogP contribution in [0.5, 0.6) is 0 Å². The topological polar surface area (TPSA) is 9.23 Å². The fourth-order valence-corrected chi connectivity index (χ4v) is 3.09. The summed E-state index contributed by atoms with van der Waals surface area (Å²) in [5, 5.41) is 0. The molecule has 0 saturated heterocycles. The maximum Gasteiger partial charge on any atom is 0.0674 e. The molecule has 1 heteroatoms. The number of ether oxygens (including phenoxy) is 1. The van der Waals surface area contributed by atoms with Crippen molar-refractivity contribution in [2.45, 2.75) is 98.3 Å². The van der Waals surface area contributed by atoms with Crippen LogP contribution in [-0.4, -0.2) is 13.2 Å². The van der Waals surface area contributed by atoms with Gasteiger partial charge in [0.1, 0.15) is 0 Å². The van der Waals surface area contributed by atoms with Crippen molar-refractivity contribution in [3.05, 3.63) is 36.5 Å².